The smallest absolute Gasteiger partial charge is 0.206 e. The van der Waals surface area contributed by atoms with Crippen molar-refractivity contribution in [3.05, 3.63) is 71.0 Å². The number of hydrogen-bond acceptors (Lipinski definition) is 3. The Balaban J connectivity index is 2.41. The van der Waals surface area contributed by atoms with Gasteiger partial charge in [-0.3, -0.25) is 4.79 Å². The van der Waals surface area contributed by atoms with Gasteiger partial charge in [0.1, 0.15) is 29.8 Å². The first-order valence-corrected chi connectivity index (χ1v) is 6.73. The zero-order chi connectivity index (χ0) is 16.7. The highest BCUT2D eigenvalue weighted by molar-refractivity contribution is 6.14. The molecule has 0 aliphatic heterocycles. The van der Waals surface area contributed by atoms with E-state index in [1.54, 1.807) is 24.3 Å². The standard InChI is InChI=1S/C19H12FNO2/c1-2-11-23-18-10-6-3-7-14(18)12-15(13-21)19(22)16-8-4-5-9-17(16)20/h1,3-10,12H,11H2/b15-12+. The van der Waals surface area contributed by atoms with Crippen molar-refractivity contribution in [3.63, 3.8) is 0 Å². The summed E-state index contributed by atoms with van der Waals surface area (Å²) < 4.78 is 19.1. The number of halogens is 1. The predicted octanol–water partition coefficient (Wildman–Crippen LogP) is 3.63. The van der Waals surface area contributed by atoms with Gasteiger partial charge in [-0.1, -0.05) is 36.3 Å². The van der Waals surface area contributed by atoms with Crippen molar-refractivity contribution in [1.29, 1.82) is 5.26 Å². The molecule has 0 heterocycles. The van der Waals surface area contributed by atoms with Crippen molar-refractivity contribution in [2.75, 3.05) is 6.61 Å². The Labute approximate surface area is 133 Å². The fourth-order valence-electron chi connectivity index (χ4n) is 1.95. The molecule has 0 unspecified atom stereocenters. The van der Waals surface area contributed by atoms with E-state index in [1.807, 2.05) is 6.07 Å². The predicted molar refractivity (Wildman–Crippen MR) is 85.1 cm³/mol. The monoisotopic (exact) mass is 305 g/mol. The summed E-state index contributed by atoms with van der Waals surface area (Å²) in [6.45, 7) is 0.0635. The lowest BCUT2D eigenvalue weighted by Gasteiger charge is -2.07. The van der Waals surface area contributed by atoms with Crippen molar-refractivity contribution >= 4 is 11.9 Å². The fraction of sp³-hybridized carbons (Fsp3) is 0.0526. The van der Waals surface area contributed by atoms with E-state index in [1.165, 1.54) is 30.3 Å². The highest BCUT2D eigenvalue weighted by Crippen LogP contribution is 2.22. The molecular weight excluding hydrogens is 293 g/mol. The highest BCUT2D eigenvalue weighted by Gasteiger charge is 2.16. The molecule has 2 aromatic rings. The maximum atomic E-state index is 13.7. The third kappa shape index (κ3) is 3.84. The summed E-state index contributed by atoms with van der Waals surface area (Å²) in [6.07, 6.45) is 6.52. The lowest BCUT2D eigenvalue weighted by atomic mass is 10.0. The highest BCUT2D eigenvalue weighted by atomic mass is 19.1. The number of carbonyl (C=O) groups is 1. The Morgan fingerprint density at radius 3 is 2.61 bits per heavy atom. The molecule has 0 saturated heterocycles. The molecule has 0 atom stereocenters. The van der Waals surface area contributed by atoms with Crippen molar-refractivity contribution in [2.45, 2.75) is 0 Å². The van der Waals surface area contributed by atoms with Gasteiger partial charge in [-0.2, -0.15) is 5.26 Å². The van der Waals surface area contributed by atoms with Crippen LogP contribution in [0.2, 0.25) is 0 Å². The minimum atomic E-state index is -0.683. The van der Waals surface area contributed by atoms with Crippen LogP contribution in [-0.2, 0) is 0 Å². The maximum absolute atomic E-state index is 13.7. The van der Waals surface area contributed by atoms with Gasteiger partial charge in [0.15, 0.2) is 0 Å². The number of allylic oxidation sites excluding steroid dienone is 1. The van der Waals surface area contributed by atoms with Crippen molar-refractivity contribution in [3.8, 4) is 24.2 Å². The summed E-state index contributed by atoms with van der Waals surface area (Å²) in [4.78, 5) is 12.3. The second kappa shape index (κ2) is 7.59. The number of nitrogens with zero attached hydrogens (tertiary/aromatic N) is 1. The second-order valence-corrected chi connectivity index (χ2v) is 4.51. The Hall–Kier alpha value is -3.37. The first kappa shape index (κ1) is 16.0. The molecule has 0 N–H and O–H groups in total. The van der Waals surface area contributed by atoms with Gasteiger partial charge in [-0.25, -0.2) is 4.39 Å². The van der Waals surface area contributed by atoms with Crippen molar-refractivity contribution in [2.24, 2.45) is 0 Å². The number of para-hydroxylation sites is 1. The zero-order valence-corrected chi connectivity index (χ0v) is 12.1. The van der Waals surface area contributed by atoms with Gasteiger partial charge in [0.05, 0.1) is 5.56 Å². The molecule has 23 heavy (non-hydrogen) atoms. The van der Waals surface area contributed by atoms with Crippen LogP contribution < -0.4 is 4.74 Å². The van der Waals surface area contributed by atoms with Crippen LogP contribution in [0.3, 0.4) is 0 Å². The first-order chi connectivity index (χ1) is 11.2. The van der Waals surface area contributed by atoms with E-state index < -0.39 is 11.6 Å². The summed E-state index contributed by atoms with van der Waals surface area (Å²) in [5.74, 6) is 1.43. The third-order valence-electron chi connectivity index (χ3n) is 3.01. The molecule has 4 heteroatoms. The molecular formula is C19H12FNO2. The average Bonchev–Trinajstić information content (AvgIpc) is 2.58. The number of Topliss-reactive ketones (excluding diaryl/α,β-unsaturated/α-hetero) is 1. The number of nitriles is 1. The van der Waals surface area contributed by atoms with E-state index in [0.29, 0.717) is 11.3 Å². The number of hydrogen-bond donors (Lipinski definition) is 0. The van der Waals surface area contributed by atoms with Crippen LogP contribution in [-0.4, -0.2) is 12.4 Å². The number of terminal acetylenes is 1. The van der Waals surface area contributed by atoms with Crippen LogP contribution in [0.1, 0.15) is 15.9 Å². The molecule has 0 fully saturated rings. The summed E-state index contributed by atoms with van der Waals surface area (Å²) in [5, 5.41) is 9.24. The maximum Gasteiger partial charge on any atom is 0.206 e. The molecule has 112 valence electrons. The quantitative estimate of drug-likeness (QED) is 0.367. The van der Waals surface area contributed by atoms with Crippen LogP contribution in [0.5, 0.6) is 5.75 Å². The van der Waals surface area contributed by atoms with Crippen molar-refractivity contribution in [1.82, 2.24) is 0 Å². The molecule has 2 aromatic carbocycles. The van der Waals surface area contributed by atoms with E-state index in [4.69, 9.17) is 11.2 Å². The molecule has 0 radical (unpaired) electrons. The first-order valence-electron chi connectivity index (χ1n) is 6.73. The number of benzene rings is 2. The van der Waals surface area contributed by atoms with Gasteiger partial charge in [0.25, 0.3) is 0 Å². The van der Waals surface area contributed by atoms with Crippen LogP contribution in [0.4, 0.5) is 4.39 Å². The van der Waals surface area contributed by atoms with E-state index in [-0.39, 0.29) is 17.7 Å². The van der Waals surface area contributed by atoms with E-state index in [2.05, 4.69) is 5.92 Å². The van der Waals surface area contributed by atoms with E-state index >= 15 is 0 Å². The average molecular weight is 305 g/mol. The van der Waals surface area contributed by atoms with Gasteiger partial charge >= 0.3 is 0 Å². The Morgan fingerprint density at radius 2 is 1.91 bits per heavy atom. The lowest BCUT2D eigenvalue weighted by Crippen LogP contribution is -2.05. The number of carbonyl (C=O) groups excluding carboxylic acids is 1. The minimum absolute atomic E-state index is 0.0635. The number of rotatable bonds is 5. The Kier molecular flexibility index (Phi) is 5.28. The largest absolute Gasteiger partial charge is 0.480 e. The second-order valence-electron chi connectivity index (χ2n) is 4.51. The molecule has 2 rings (SSSR count). The lowest BCUT2D eigenvalue weighted by molar-refractivity contribution is 0.103. The fourth-order valence-corrected chi connectivity index (χ4v) is 1.95. The Bertz CT molecular complexity index is 841. The SMILES string of the molecule is C#CCOc1ccccc1/C=C(\C#N)C(=O)c1ccccc1F. The molecule has 0 spiro atoms. The van der Waals surface area contributed by atoms with E-state index in [0.717, 1.165) is 0 Å². The molecule has 0 aliphatic carbocycles. The third-order valence-corrected chi connectivity index (χ3v) is 3.01. The topological polar surface area (TPSA) is 50.1 Å². The van der Waals surface area contributed by atoms with Crippen LogP contribution >= 0.6 is 0 Å². The van der Waals surface area contributed by atoms with Gasteiger partial charge in [-0.15, -0.1) is 6.42 Å². The molecule has 3 nitrogen and oxygen atoms in total. The van der Waals surface area contributed by atoms with Crippen LogP contribution in [0.25, 0.3) is 6.08 Å². The molecule has 0 saturated carbocycles. The number of ether oxygens (including phenoxy) is 1. The van der Waals surface area contributed by atoms with Crippen molar-refractivity contribution < 1.29 is 13.9 Å². The summed E-state index contributed by atoms with van der Waals surface area (Å²) in [6, 6.07) is 14.2. The van der Waals surface area contributed by atoms with Crippen LogP contribution in [0.15, 0.2) is 54.1 Å². The van der Waals surface area contributed by atoms with Gasteiger partial charge in [0, 0.05) is 5.56 Å². The molecule has 0 aliphatic rings. The Morgan fingerprint density at radius 1 is 1.22 bits per heavy atom. The van der Waals surface area contributed by atoms with Crippen LogP contribution in [0, 0.1) is 29.5 Å². The number of ketones is 1. The molecule has 0 bridgehead atoms. The van der Waals surface area contributed by atoms with E-state index in [9.17, 15) is 14.4 Å². The summed E-state index contributed by atoms with van der Waals surface area (Å²) in [5.41, 5.74) is 0.179. The zero-order valence-electron chi connectivity index (χ0n) is 12.1. The van der Waals surface area contributed by atoms with Gasteiger partial charge in [0.2, 0.25) is 5.78 Å². The minimum Gasteiger partial charge on any atom is -0.480 e. The van der Waals surface area contributed by atoms with Gasteiger partial charge in [-0.05, 0) is 24.3 Å². The molecule has 0 aromatic heterocycles. The molecule has 0 amide bonds. The normalized spacial score (nSPS) is 10.5. The summed E-state index contributed by atoms with van der Waals surface area (Å²) in [7, 11) is 0. The summed E-state index contributed by atoms with van der Waals surface area (Å²) >= 11 is 0. The van der Waals surface area contributed by atoms with Gasteiger partial charge < -0.3 is 4.74 Å².